The Labute approximate surface area is 159 Å². The SMILES string of the molecule is CC(=O)NC1CN(C)C2(CCN(C(=O)CCOc3cccc(F)c3)CC2)C1. The molecule has 0 aromatic heterocycles. The van der Waals surface area contributed by atoms with Gasteiger partial charge in [0.15, 0.2) is 0 Å². The molecule has 1 spiro atoms. The van der Waals surface area contributed by atoms with Crippen LogP contribution in [-0.4, -0.2) is 66.5 Å². The van der Waals surface area contributed by atoms with Crippen LogP contribution in [0.4, 0.5) is 4.39 Å². The van der Waals surface area contributed by atoms with Crippen molar-refractivity contribution in [3.8, 4) is 5.75 Å². The highest BCUT2D eigenvalue weighted by molar-refractivity contribution is 5.76. The molecule has 3 rings (SSSR count). The van der Waals surface area contributed by atoms with E-state index >= 15 is 0 Å². The molecule has 7 heteroatoms. The first kappa shape index (κ1) is 19.6. The fourth-order valence-electron chi connectivity index (χ4n) is 4.32. The van der Waals surface area contributed by atoms with Crippen molar-refractivity contribution in [1.82, 2.24) is 15.1 Å². The van der Waals surface area contributed by atoms with E-state index in [1.807, 2.05) is 4.90 Å². The lowest BCUT2D eigenvalue weighted by molar-refractivity contribution is -0.134. The number of nitrogens with zero attached hydrogens (tertiary/aromatic N) is 2. The van der Waals surface area contributed by atoms with Crippen LogP contribution >= 0.6 is 0 Å². The predicted molar refractivity (Wildman–Crippen MR) is 99.9 cm³/mol. The summed E-state index contributed by atoms with van der Waals surface area (Å²) in [6.45, 7) is 4.09. The lowest BCUT2D eigenvalue weighted by atomic mass is 9.84. The second kappa shape index (κ2) is 8.25. The number of benzene rings is 1. The van der Waals surface area contributed by atoms with E-state index in [0.717, 1.165) is 38.9 Å². The van der Waals surface area contributed by atoms with Crippen molar-refractivity contribution in [3.05, 3.63) is 30.1 Å². The van der Waals surface area contributed by atoms with Gasteiger partial charge < -0.3 is 15.0 Å². The number of carbonyl (C=O) groups excluding carboxylic acids is 2. The average Bonchev–Trinajstić information content (AvgIpc) is 2.89. The second-order valence-electron chi connectivity index (χ2n) is 7.64. The summed E-state index contributed by atoms with van der Waals surface area (Å²) in [6.07, 6.45) is 3.05. The van der Waals surface area contributed by atoms with E-state index < -0.39 is 0 Å². The first-order valence-electron chi connectivity index (χ1n) is 9.52. The summed E-state index contributed by atoms with van der Waals surface area (Å²) >= 11 is 0. The molecule has 148 valence electrons. The fraction of sp³-hybridized carbons (Fsp3) is 0.600. The molecule has 0 aliphatic carbocycles. The van der Waals surface area contributed by atoms with Gasteiger partial charge in [0.2, 0.25) is 11.8 Å². The molecular weight excluding hydrogens is 349 g/mol. The van der Waals surface area contributed by atoms with Gasteiger partial charge in [-0.25, -0.2) is 4.39 Å². The molecule has 1 aromatic carbocycles. The molecule has 27 heavy (non-hydrogen) atoms. The number of hydrogen-bond acceptors (Lipinski definition) is 4. The maximum absolute atomic E-state index is 13.1. The molecule has 6 nitrogen and oxygen atoms in total. The van der Waals surface area contributed by atoms with Crippen LogP contribution in [0, 0.1) is 5.82 Å². The van der Waals surface area contributed by atoms with E-state index in [4.69, 9.17) is 4.74 Å². The van der Waals surface area contributed by atoms with Crippen LogP contribution in [0.15, 0.2) is 24.3 Å². The van der Waals surface area contributed by atoms with Crippen molar-refractivity contribution in [3.63, 3.8) is 0 Å². The van der Waals surface area contributed by atoms with E-state index in [-0.39, 0.29) is 42.2 Å². The Morgan fingerprint density at radius 3 is 2.74 bits per heavy atom. The summed E-state index contributed by atoms with van der Waals surface area (Å²) in [5, 5.41) is 3.02. The number of nitrogens with one attached hydrogen (secondary N) is 1. The minimum atomic E-state index is -0.349. The van der Waals surface area contributed by atoms with Crippen LogP contribution in [0.2, 0.25) is 0 Å². The number of likely N-dealkylation sites (tertiary alicyclic amines) is 2. The predicted octanol–water partition coefficient (Wildman–Crippen LogP) is 1.80. The summed E-state index contributed by atoms with van der Waals surface area (Å²) in [6, 6.07) is 6.13. The molecule has 1 unspecified atom stereocenters. The quantitative estimate of drug-likeness (QED) is 0.850. The summed E-state index contributed by atoms with van der Waals surface area (Å²) in [5.74, 6) is 0.173. The van der Waals surface area contributed by atoms with Crippen molar-refractivity contribution < 1.29 is 18.7 Å². The van der Waals surface area contributed by atoms with Crippen LogP contribution in [-0.2, 0) is 9.59 Å². The Kier molecular flexibility index (Phi) is 5.99. The minimum absolute atomic E-state index is 0.0105. The molecule has 2 heterocycles. The number of rotatable bonds is 5. The molecule has 2 fully saturated rings. The smallest absolute Gasteiger partial charge is 0.225 e. The van der Waals surface area contributed by atoms with Crippen LogP contribution in [0.1, 0.15) is 32.6 Å². The molecule has 1 N–H and O–H groups in total. The topological polar surface area (TPSA) is 61.9 Å². The summed E-state index contributed by atoms with van der Waals surface area (Å²) in [4.78, 5) is 28.0. The summed E-state index contributed by atoms with van der Waals surface area (Å²) in [5.41, 5.74) is 0.0714. The Morgan fingerprint density at radius 2 is 2.07 bits per heavy atom. The maximum atomic E-state index is 13.1. The van der Waals surface area contributed by atoms with E-state index in [1.165, 1.54) is 12.1 Å². The van der Waals surface area contributed by atoms with E-state index in [2.05, 4.69) is 17.3 Å². The first-order valence-corrected chi connectivity index (χ1v) is 9.52. The monoisotopic (exact) mass is 377 g/mol. The zero-order chi connectivity index (χ0) is 19.4. The number of piperidine rings is 1. The maximum Gasteiger partial charge on any atom is 0.225 e. The third-order valence-corrected chi connectivity index (χ3v) is 5.77. The third-order valence-electron chi connectivity index (χ3n) is 5.77. The molecular formula is C20H28FN3O3. The fourth-order valence-corrected chi connectivity index (χ4v) is 4.32. The average molecular weight is 377 g/mol. The second-order valence-corrected chi connectivity index (χ2v) is 7.64. The van der Waals surface area contributed by atoms with Gasteiger partial charge in [-0.1, -0.05) is 6.07 Å². The number of carbonyl (C=O) groups is 2. The Hall–Kier alpha value is -2.15. The Morgan fingerprint density at radius 1 is 1.33 bits per heavy atom. The summed E-state index contributed by atoms with van der Waals surface area (Å²) < 4.78 is 18.6. The Balaban J connectivity index is 1.44. The van der Waals surface area contributed by atoms with Gasteiger partial charge in [-0.05, 0) is 38.4 Å². The highest BCUT2D eigenvalue weighted by Gasteiger charge is 2.45. The molecule has 0 saturated carbocycles. The highest BCUT2D eigenvalue weighted by Crippen LogP contribution is 2.37. The molecule has 2 saturated heterocycles. The van der Waals surface area contributed by atoms with Crippen LogP contribution in [0.25, 0.3) is 0 Å². The van der Waals surface area contributed by atoms with Crippen molar-refractivity contribution in [2.24, 2.45) is 0 Å². The number of amides is 2. The zero-order valence-electron chi connectivity index (χ0n) is 16.0. The van der Waals surface area contributed by atoms with Gasteiger partial charge in [-0.15, -0.1) is 0 Å². The van der Waals surface area contributed by atoms with Gasteiger partial charge >= 0.3 is 0 Å². The number of halogens is 1. The number of likely N-dealkylation sites (N-methyl/N-ethyl adjacent to an activating group) is 1. The van der Waals surface area contributed by atoms with Crippen molar-refractivity contribution in [2.45, 2.75) is 44.2 Å². The molecule has 2 amide bonds. The van der Waals surface area contributed by atoms with Gasteiger partial charge in [0.1, 0.15) is 11.6 Å². The number of hydrogen-bond donors (Lipinski definition) is 1. The minimum Gasteiger partial charge on any atom is -0.493 e. The van der Waals surface area contributed by atoms with Crippen molar-refractivity contribution >= 4 is 11.8 Å². The Bertz CT molecular complexity index is 689. The van der Waals surface area contributed by atoms with Crippen LogP contribution in [0.3, 0.4) is 0 Å². The van der Waals surface area contributed by atoms with Crippen LogP contribution in [0.5, 0.6) is 5.75 Å². The van der Waals surface area contributed by atoms with Gasteiger partial charge in [-0.3, -0.25) is 14.5 Å². The highest BCUT2D eigenvalue weighted by atomic mass is 19.1. The van der Waals surface area contributed by atoms with E-state index in [0.29, 0.717) is 5.75 Å². The molecule has 1 atom stereocenters. The molecule has 0 radical (unpaired) electrons. The zero-order valence-corrected chi connectivity index (χ0v) is 16.0. The molecule has 1 aromatic rings. The standard InChI is InChI=1S/C20H28FN3O3/c1-15(25)22-17-13-20(23(2)14-17)7-9-24(10-8-20)19(26)6-11-27-18-5-3-4-16(21)12-18/h3-5,12,17H,6-11,13-14H2,1-2H3,(H,22,25). The van der Waals surface area contributed by atoms with Gasteiger partial charge in [0.05, 0.1) is 13.0 Å². The molecule has 0 bridgehead atoms. The van der Waals surface area contributed by atoms with Crippen LogP contribution < -0.4 is 10.1 Å². The first-order chi connectivity index (χ1) is 12.9. The summed E-state index contributed by atoms with van der Waals surface area (Å²) in [7, 11) is 2.10. The lowest BCUT2D eigenvalue weighted by Crippen LogP contribution is -2.52. The molecule has 2 aliphatic heterocycles. The van der Waals surface area contributed by atoms with Gasteiger partial charge in [-0.2, -0.15) is 0 Å². The number of ether oxygens (including phenoxy) is 1. The van der Waals surface area contributed by atoms with Gasteiger partial charge in [0.25, 0.3) is 0 Å². The van der Waals surface area contributed by atoms with Crippen molar-refractivity contribution in [2.75, 3.05) is 33.3 Å². The van der Waals surface area contributed by atoms with Gasteiger partial charge in [0, 0.05) is 44.2 Å². The van der Waals surface area contributed by atoms with Crippen molar-refractivity contribution in [1.29, 1.82) is 0 Å². The normalized spacial score (nSPS) is 22.0. The lowest BCUT2D eigenvalue weighted by Gasteiger charge is -2.43. The third kappa shape index (κ3) is 4.77. The van der Waals surface area contributed by atoms with E-state index in [1.54, 1.807) is 19.1 Å². The molecule has 2 aliphatic rings. The largest absolute Gasteiger partial charge is 0.493 e. The van der Waals surface area contributed by atoms with E-state index in [9.17, 15) is 14.0 Å².